The third kappa shape index (κ3) is 10.9. The van der Waals surface area contributed by atoms with Crippen molar-refractivity contribution in [3.63, 3.8) is 0 Å². The van der Waals surface area contributed by atoms with Crippen molar-refractivity contribution in [3.05, 3.63) is 30.3 Å². The van der Waals surface area contributed by atoms with Crippen molar-refractivity contribution in [2.24, 2.45) is 4.99 Å². The molecule has 0 saturated carbocycles. The highest BCUT2D eigenvalue weighted by atomic mass is 127. The molecule has 1 aromatic rings. The summed E-state index contributed by atoms with van der Waals surface area (Å²) >= 11 is 1.77. The van der Waals surface area contributed by atoms with Crippen LogP contribution in [0.3, 0.4) is 0 Å². The fourth-order valence-electron chi connectivity index (χ4n) is 3.11. The number of hydrogen-bond acceptors (Lipinski definition) is 5. The molecular weight excluding hydrogens is 541 g/mol. The quantitative estimate of drug-likeness (QED) is 0.146. The Kier molecular flexibility index (Phi) is 14.4. The van der Waals surface area contributed by atoms with E-state index in [2.05, 4.69) is 27.8 Å². The predicted octanol–water partition coefficient (Wildman–Crippen LogP) is 2.05. The molecule has 1 heterocycles. The van der Waals surface area contributed by atoms with Gasteiger partial charge in [-0.2, -0.15) is 0 Å². The lowest BCUT2D eigenvalue weighted by Crippen LogP contribution is -2.50. The van der Waals surface area contributed by atoms with Crippen molar-refractivity contribution >= 4 is 53.5 Å². The van der Waals surface area contributed by atoms with Gasteiger partial charge in [0.15, 0.2) is 5.96 Å². The maximum Gasteiger partial charge on any atom is 0.243 e. The molecule has 8 nitrogen and oxygen atoms in total. The molecular formula is C22H36IN5O3S. The molecule has 0 aliphatic carbocycles. The van der Waals surface area contributed by atoms with E-state index in [-0.39, 0.29) is 48.4 Å². The van der Waals surface area contributed by atoms with Gasteiger partial charge in [-0.3, -0.25) is 9.59 Å². The van der Waals surface area contributed by atoms with Gasteiger partial charge in [0.25, 0.3) is 0 Å². The Balaban J connectivity index is 0.00000512. The van der Waals surface area contributed by atoms with E-state index >= 15 is 0 Å². The van der Waals surface area contributed by atoms with E-state index in [1.54, 1.807) is 33.0 Å². The van der Waals surface area contributed by atoms with Crippen LogP contribution in [0.15, 0.2) is 40.2 Å². The average molecular weight is 578 g/mol. The topological polar surface area (TPSA) is 86.3 Å². The van der Waals surface area contributed by atoms with Gasteiger partial charge in [0, 0.05) is 57.5 Å². The van der Waals surface area contributed by atoms with E-state index in [0.29, 0.717) is 32.1 Å². The number of amides is 2. The maximum atomic E-state index is 12.2. The zero-order valence-corrected chi connectivity index (χ0v) is 22.4. The molecule has 2 rings (SSSR count). The summed E-state index contributed by atoms with van der Waals surface area (Å²) in [7, 11) is 5.06. The van der Waals surface area contributed by atoms with Gasteiger partial charge in [-0.1, -0.05) is 18.2 Å². The number of benzene rings is 1. The minimum absolute atomic E-state index is 0. The Bertz CT molecular complexity index is 713. The molecule has 2 N–H and O–H groups in total. The molecule has 0 unspecified atom stereocenters. The highest BCUT2D eigenvalue weighted by molar-refractivity contribution is 14.0. The fraction of sp³-hybridized carbons (Fsp3) is 0.591. The molecule has 0 radical (unpaired) electrons. The summed E-state index contributed by atoms with van der Waals surface area (Å²) in [4.78, 5) is 33.3. The second kappa shape index (κ2) is 16.1. The lowest BCUT2D eigenvalue weighted by molar-refractivity contribution is -0.133. The number of halogens is 1. The van der Waals surface area contributed by atoms with Crippen LogP contribution in [0.25, 0.3) is 0 Å². The summed E-state index contributed by atoms with van der Waals surface area (Å²) in [5.74, 6) is 1.63. The zero-order chi connectivity index (χ0) is 22.5. The molecule has 0 bridgehead atoms. The predicted molar refractivity (Wildman–Crippen MR) is 141 cm³/mol. The third-order valence-corrected chi connectivity index (χ3v) is 6.00. The van der Waals surface area contributed by atoms with Crippen molar-refractivity contribution in [1.29, 1.82) is 0 Å². The normalized spacial score (nSPS) is 14.5. The summed E-state index contributed by atoms with van der Waals surface area (Å²) in [5, 5.41) is 6.79. The number of nitrogens with one attached hydrogen (secondary N) is 2. The Morgan fingerprint density at radius 2 is 1.91 bits per heavy atom. The Labute approximate surface area is 212 Å². The minimum atomic E-state index is -0.0432. The van der Waals surface area contributed by atoms with Gasteiger partial charge >= 0.3 is 0 Å². The van der Waals surface area contributed by atoms with Crippen molar-refractivity contribution in [2.45, 2.75) is 30.2 Å². The number of rotatable bonds is 10. The summed E-state index contributed by atoms with van der Waals surface area (Å²) in [6.07, 6.45) is 2.12. The number of methoxy groups -OCH3 is 1. The number of aliphatic imine (C=N–C) groups is 1. The van der Waals surface area contributed by atoms with Crippen LogP contribution in [-0.2, 0) is 14.3 Å². The van der Waals surface area contributed by atoms with Crippen LogP contribution in [0.2, 0.25) is 0 Å². The largest absolute Gasteiger partial charge is 0.384 e. The van der Waals surface area contributed by atoms with E-state index in [1.165, 1.54) is 9.80 Å². The molecule has 0 atom stereocenters. The standard InChI is InChI=1S/C22H35N5O3S.HI/c1-26(2)21(29)17-24-22(23-12-16-31-19-7-5-4-6-8-19)25-18-9-13-27(14-10-18)20(28)11-15-30-3;/h4-8,18H,9-17H2,1-3H3,(H2,23,24,25);1H. The smallest absolute Gasteiger partial charge is 0.243 e. The van der Waals surface area contributed by atoms with Crippen molar-refractivity contribution < 1.29 is 14.3 Å². The number of ether oxygens (including phenoxy) is 1. The summed E-state index contributed by atoms with van der Waals surface area (Å²) in [5.41, 5.74) is 0. The first-order valence-corrected chi connectivity index (χ1v) is 11.7. The Morgan fingerprint density at radius 3 is 2.53 bits per heavy atom. The fourth-order valence-corrected chi connectivity index (χ4v) is 3.90. The number of piperidine rings is 1. The zero-order valence-electron chi connectivity index (χ0n) is 19.2. The maximum absolute atomic E-state index is 12.2. The molecule has 0 aromatic heterocycles. The molecule has 1 aliphatic rings. The van der Waals surface area contributed by atoms with Gasteiger partial charge in [-0.25, -0.2) is 4.99 Å². The van der Waals surface area contributed by atoms with E-state index in [9.17, 15) is 9.59 Å². The number of carbonyl (C=O) groups excluding carboxylic acids is 2. The summed E-state index contributed by atoms with van der Waals surface area (Å²) < 4.78 is 5.00. The molecule has 1 aliphatic heterocycles. The lowest BCUT2D eigenvalue weighted by Gasteiger charge is -2.33. The van der Waals surface area contributed by atoms with Crippen LogP contribution in [0.5, 0.6) is 0 Å². The van der Waals surface area contributed by atoms with Gasteiger partial charge in [-0.15, -0.1) is 35.7 Å². The highest BCUT2D eigenvalue weighted by Crippen LogP contribution is 2.16. The molecule has 180 valence electrons. The second-order valence-electron chi connectivity index (χ2n) is 7.58. The van der Waals surface area contributed by atoms with Gasteiger partial charge in [0.1, 0.15) is 6.54 Å². The SMILES string of the molecule is COCCC(=O)N1CCC(NC(=NCC(=O)N(C)C)NCCSc2ccccc2)CC1.I. The number of nitrogens with zero attached hydrogens (tertiary/aromatic N) is 3. The summed E-state index contributed by atoms with van der Waals surface area (Å²) in [6, 6.07) is 10.5. The van der Waals surface area contributed by atoms with E-state index in [0.717, 1.165) is 25.1 Å². The molecule has 32 heavy (non-hydrogen) atoms. The van der Waals surface area contributed by atoms with Gasteiger partial charge in [-0.05, 0) is 25.0 Å². The average Bonchev–Trinajstić information content (AvgIpc) is 2.79. The highest BCUT2D eigenvalue weighted by Gasteiger charge is 2.23. The molecule has 0 spiro atoms. The third-order valence-electron chi connectivity index (χ3n) is 4.99. The minimum Gasteiger partial charge on any atom is -0.384 e. The first-order chi connectivity index (χ1) is 15.0. The molecule has 1 saturated heterocycles. The van der Waals surface area contributed by atoms with E-state index in [1.807, 2.05) is 23.1 Å². The van der Waals surface area contributed by atoms with Gasteiger partial charge in [0.2, 0.25) is 11.8 Å². The van der Waals surface area contributed by atoms with Crippen LogP contribution in [0, 0.1) is 0 Å². The Morgan fingerprint density at radius 1 is 1.22 bits per heavy atom. The number of thioether (sulfide) groups is 1. The lowest BCUT2D eigenvalue weighted by atomic mass is 10.0. The number of likely N-dealkylation sites (tertiary alicyclic amines) is 1. The number of guanidine groups is 1. The number of likely N-dealkylation sites (N-methyl/N-ethyl adjacent to an activating group) is 1. The first-order valence-electron chi connectivity index (χ1n) is 10.7. The monoisotopic (exact) mass is 577 g/mol. The van der Waals surface area contributed by atoms with Crippen LogP contribution in [0.4, 0.5) is 0 Å². The number of hydrogen-bond donors (Lipinski definition) is 2. The first kappa shape index (κ1) is 28.5. The Hall–Kier alpha value is -1.53. The molecule has 2 amide bonds. The van der Waals surface area contributed by atoms with Crippen LogP contribution < -0.4 is 10.6 Å². The van der Waals surface area contributed by atoms with Gasteiger partial charge < -0.3 is 25.2 Å². The molecule has 1 fully saturated rings. The number of carbonyl (C=O) groups is 2. The van der Waals surface area contributed by atoms with E-state index < -0.39 is 0 Å². The van der Waals surface area contributed by atoms with E-state index in [4.69, 9.17) is 4.74 Å². The molecule has 10 heteroatoms. The molecule has 1 aromatic carbocycles. The summed E-state index contributed by atoms with van der Waals surface area (Å²) in [6.45, 7) is 2.72. The second-order valence-corrected chi connectivity index (χ2v) is 8.75. The van der Waals surface area contributed by atoms with Crippen molar-refractivity contribution in [2.75, 3.05) is 59.7 Å². The van der Waals surface area contributed by atoms with Gasteiger partial charge in [0.05, 0.1) is 13.0 Å². The van der Waals surface area contributed by atoms with Crippen molar-refractivity contribution in [1.82, 2.24) is 20.4 Å². The van der Waals surface area contributed by atoms with Crippen molar-refractivity contribution in [3.8, 4) is 0 Å². The van der Waals surface area contributed by atoms with Crippen LogP contribution in [0.1, 0.15) is 19.3 Å². The van der Waals surface area contributed by atoms with Crippen LogP contribution >= 0.6 is 35.7 Å². The van der Waals surface area contributed by atoms with Crippen LogP contribution in [-0.4, -0.2) is 93.4 Å².